The summed E-state index contributed by atoms with van der Waals surface area (Å²) in [5.74, 6) is -0.292. The molecule has 0 unspecified atom stereocenters. The van der Waals surface area contributed by atoms with Crippen LogP contribution in [-0.2, 0) is 22.6 Å². The third-order valence-electron chi connectivity index (χ3n) is 6.33. The number of rotatable bonds is 7. The number of aliphatic hydroxyl groups is 1. The molecule has 3 heterocycles. The number of aliphatic hydroxyl groups excluding tert-OH is 1. The molecule has 7 heteroatoms. The van der Waals surface area contributed by atoms with Crippen molar-refractivity contribution >= 4 is 17.4 Å². The van der Waals surface area contributed by atoms with Gasteiger partial charge in [-0.3, -0.25) is 14.6 Å². The lowest BCUT2D eigenvalue weighted by molar-refractivity contribution is -0.140. The van der Waals surface area contributed by atoms with Gasteiger partial charge in [0.2, 0.25) is 0 Å². The zero-order valence-corrected chi connectivity index (χ0v) is 19.9. The smallest absolute Gasteiger partial charge is 0.295 e. The fourth-order valence-electron chi connectivity index (χ4n) is 4.73. The lowest BCUT2D eigenvalue weighted by Crippen LogP contribution is -2.29. The highest BCUT2D eigenvalue weighted by Gasteiger charge is 2.46. The van der Waals surface area contributed by atoms with Gasteiger partial charge in [-0.15, -0.1) is 0 Å². The Morgan fingerprint density at radius 3 is 2.86 bits per heavy atom. The molecule has 2 aromatic carbocycles. The molecule has 0 aliphatic carbocycles. The third kappa shape index (κ3) is 4.35. The molecular weight excluding hydrogens is 456 g/mol. The van der Waals surface area contributed by atoms with E-state index in [1.807, 2.05) is 25.1 Å². The number of carbonyl (C=O) groups is 2. The Bertz CT molecular complexity index is 1370. The van der Waals surface area contributed by atoms with E-state index in [2.05, 4.69) is 11.6 Å². The van der Waals surface area contributed by atoms with Crippen LogP contribution in [0.1, 0.15) is 35.2 Å². The second-order valence-electron chi connectivity index (χ2n) is 8.92. The number of aromatic nitrogens is 1. The lowest BCUT2D eigenvalue weighted by Gasteiger charge is -2.25. The van der Waals surface area contributed by atoms with Crippen LogP contribution in [0.3, 0.4) is 0 Å². The number of nitrogens with zero attached hydrogens (tertiary/aromatic N) is 2. The summed E-state index contributed by atoms with van der Waals surface area (Å²) in [4.78, 5) is 32.2. The molecule has 0 radical (unpaired) electrons. The van der Waals surface area contributed by atoms with E-state index in [1.54, 1.807) is 54.9 Å². The average Bonchev–Trinajstić information content (AvgIpc) is 3.39. The molecule has 2 aliphatic rings. The minimum Gasteiger partial charge on any atom is -0.507 e. The number of benzene rings is 2. The molecule has 1 fully saturated rings. The number of pyridine rings is 1. The van der Waals surface area contributed by atoms with E-state index in [4.69, 9.17) is 9.47 Å². The molecule has 36 heavy (non-hydrogen) atoms. The quantitative estimate of drug-likeness (QED) is 0.229. The van der Waals surface area contributed by atoms with E-state index in [-0.39, 0.29) is 24.0 Å². The molecule has 1 aromatic heterocycles. The normalized spacial score (nSPS) is 20.2. The van der Waals surface area contributed by atoms with Crippen LogP contribution in [0.5, 0.6) is 11.5 Å². The summed E-state index contributed by atoms with van der Waals surface area (Å²) in [7, 11) is 0. The van der Waals surface area contributed by atoms with Crippen LogP contribution in [0.15, 0.2) is 85.2 Å². The Balaban J connectivity index is 1.62. The number of ether oxygens (including phenoxy) is 2. The SMILES string of the molecule is C=CCOc1cccc([C@@H]2C(=C(O)c3ccc4c(c3)C[C@@H](C)O4)C(=O)C(=O)N2Cc2cccnc2)c1. The standard InChI is InChI=1S/C29H26N2O5/c1-3-12-35-23-8-4-7-20(15-23)26-25(27(32)21-9-10-24-22(14-21)13-18(2)36-24)28(33)29(34)31(26)17-19-6-5-11-30-16-19/h3-11,14-16,18,26,32H,1,12-13,17H2,2H3/t18-,26-/m1/s1. The minimum absolute atomic E-state index is 0.0386. The highest BCUT2D eigenvalue weighted by molar-refractivity contribution is 6.46. The van der Waals surface area contributed by atoms with Gasteiger partial charge in [0.15, 0.2) is 0 Å². The summed E-state index contributed by atoms with van der Waals surface area (Å²) in [5, 5.41) is 11.4. The highest BCUT2D eigenvalue weighted by atomic mass is 16.5. The Morgan fingerprint density at radius 1 is 1.22 bits per heavy atom. The van der Waals surface area contributed by atoms with Crippen molar-refractivity contribution in [2.75, 3.05) is 6.61 Å². The molecule has 1 saturated heterocycles. The number of likely N-dealkylation sites (tertiary alicyclic amines) is 1. The number of ketones is 1. The summed E-state index contributed by atoms with van der Waals surface area (Å²) < 4.78 is 11.5. The van der Waals surface area contributed by atoms with Gasteiger partial charge in [0.1, 0.15) is 30.0 Å². The van der Waals surface area contributed by atoms with Gasteiger partial charge in [0, 0.05) is 30.9 Å². The van der Waals surface area contributed by atoms with Crippen LogP contribution in [0.4, 0.5) is 0 Å². The maximum Gasteiger partial charge on any atom is 0.295 e. The van der Waals surface area contributed by atoms with Gasteiger partial charge in [0.05, 0.1) is 11.6 Å². The topological polar surface area (TPSA) is 89.0 Å². The second kappa shape index (κ2) is 9.70. The van der Waals surface area contributed by atoms with E-state index in [0.717, 1.165) is 16.9 Å². The second-order valence-corrected chi connectivity index (χ2v) is 8.92. The van der Waals surface area contributed by atoms with Gasteiger partial charge in [-0.2, -0.15) is 0 Å². The molecule has 7 nitrogen and oxygen atoms in total. The predicted octanol–water partition coefficient (Wildman–Crippen LogP) is 4.59. The van der Waals surface area contributed by atoms with Crippen molar-refractivity contribution in [3.05, 3.63) is 107 Å². The maximum absolute atomic E-state index is 13.4. The Labute approximate surface area is 209 Å². The fourth-order valence-corrected chi connectivity index (χ4v) is 4.73. The summed E-state index contributed by atoms with van der Waals surface area (Å²) in [6.45, 7) is 6.13. The van der Waals surface area contributed by atoms with E-state index < -0.39 is 17.7 Å². The minimum atomic E-state index is -0.805. The van der Waals surface area contributed by atoms with Crippen molar-refractivity contribution < 1.29 is 24.2 Å². The molecular formula is C29H26N2O5. The van der Waals surface area contributed by atoms with Crippen LogP contribution < -0.4 is 9.47 Å². The van der Waals surface area contributed by atoms with Crippen molar-refractivity contribution in [1.82, 2.24) is 9.88 Å². The van der Waals surface area contributed by atoms with Crippen LogP contribution in [0.2, 0.25) is 0 Å². The van der Waals surface area contributed by atoms with Crippen molar-refractivity contribution in [1.29, 1.82) is 0 Å². The molecule has 3 aromatic rings. The van der Waals surface area contributed by atoms with Gasteiger partial charge in [0.25, 0.3) is 11.7 Å². The van der Waals surface area contributed by atoms with Crippen molar-refractivity contribution in [3.8, 4) is 11.5 Å². The van der Waals surface area contributed by atoms with Gasteiger partial charge < -0.3 is 19.5 Å². The van der Waals surface area contributed by atoms with Crippen LogP contribution in [-0.4, -0.2) is 39.4 Å². The number of hydrogen-bond donors (Lipinski definition) is 1. The molecule has 182 valence electrons. The number of amides is 1. The summed E-state index contributed by atoms with van der Waals surface area (Å²) in [5.41, 5.74) is 2.88. The first-order valence-electron chi connectivity index (χ1n) is 11.8. The van der Waals surface area contributed by atoms with Crippen molar-refractivity contribution in [2.24, 2.45) is 0 Å². The zero-order chi connectivity index (χ0) is 25.2. The van der Waals surface area contributed by atoms with Crippen LogP contribution >= 0.6 is 0 Å². The maximum atomic E-state index is 13.4. The fraction of sp³-hybridized carbons (Fsp3) is 0.207. The molecule has 2 atom stereocenters. The summed E-state index contributed by atoms with van der Waals surface area (Å²) in [6, 6.07) is 15.3. The highest BCUT2D eigenvalue weighted by Crippen LogP contribution is 2.42. The monoisotopic (exact) mass is 482 g/mol. The van der Waals surface area contributed by atoms with Crippen molar-refractivity contribution in [3.63, 3.8) is 0 Å². The van der Waals surface area contributed by atoms with Crippen LogP contribution in [0, 0.1) is 0 Å². The Morgan fingerprint density at radius 2 is 2.08 bits per heavy atom. The number of hydrogen-bond acceptors (Lipinski definition) is 6. The van der Waals surface area contributed by atoms with E-state index >= 15 is 0 Å². The van der Waals surface area contributed by atoms with Gasteiger partial charge >= 0.3 is 0 Å². The molecule has 5 rings (SSSR count). The molecule has 0 saturated carbocycles. The van der Waals surface area contributed by atoms with Crippen LogP contribution in [0.25, 0.3) is 5.76 Å². The van der Waals surface area contributed by atoms with Crippen molar-refractivity contribution in [2.45, 2.75) is 32.0 Å². The first-order chi connectivity index (χ1) is 17.5. The predicted molar refractivity (Wildman–Crippen MR) is 134 cm³/mol. The van der Waals surface area contributed by atoms with E-state index in [1.165, 1.54) is 4.90 Å². The summed E-state index contributed by atoms with van der Waals surface area (Å²) >= 11 is 0. The lowest BCUT2D eigenvalue weighted by atomic mass is 9.94. The molecule has 0 bridgehead atoms. The average molecular weight is 483 g/mol. The first kappa shape index (κ1) is 23.4. The Kier molecular flexibility index (Phi) is 6.29. The van der Waals surface area contributed by atoms with Gasteiger partial charge in [-0.05, 0) is 60.0 Å². The third-order valence-corrected chi connectivity index (χ3v) is 6.33. The number of Topliss-reactive ketones (excluding diaryl/α,β-unsaturated/α-hetero) is 1. The molecule has 0 spiro atoms. The number of fused-ring (bicyclic) bond motifs is 1. The largest absolute Gasteiger partial charge is 0.507 e. The first-order valence-corrected chi connectivity index (χ1v) is 11.8. The van der Waals surface area contributed by atoms with E-state index in [9.17, 15) is 14.7 Å². The van der Waals surface area contributed by atoms with E-state index in [0.29, 0.717) is 29.9 Å². The molecule has 2 aliphatic heterocycles. The Hall–Kier alpha value is -4.39. The zero-order valence-electron chi connectivity index (χ0n) is 19.9. The molecule has 1 N–H and O–H groups in total. The summed E-state index contributed by atoms with van der Waals surface area (Å²) in [6.07, 6.45) is 5.69. The number of carbonyl (C=O) groups excluding carboxylic acids is 2. The van der Waals surface area contributed by atoms with Gasteiger partial charge in [-0.1, -0.05) is 30.9 Å². The van der Waals surface area contributed by atoms with Gasteiger partial charge in [-0.25, -0.2) is 0 Å². The molecule has 1 amide bonds.